The molecule has 0 aliphatic carbocycles. The first-order valence-corrected chi connectivity index (χ1v) is 11.4. The molecule has 1 saturated heterocycles. The fourth-order valence-corrected chi connectivity index (χ4v) is 4.28. The summed E-state index contributed by atoms with van der Waals surface area (Å²) in [5.74, 6) is 1.60. The van der Waals surface area contributed by atoms with E-state index in [2.05, 4.69) is 51.3 Å². The lowest BCUT2D eigenvalue weighted by atomic mass is 10.2. The number of nitrogens with one attached hydrogen (secondary N) is 1. The highest BCUT2D eigenvalue weighted by Crippen LogP contribution is 2.26. The molecule has 0 spiro atoms. The standard InChI is InChI=1S/C25H28N6O2/c1-2-33-25(32)31-17-15-30(16-18-31)24-23(27-20-8-4-5-9-21(20)28-24)26-12-14-29-13-11-19-7-3-6-10-22(19)29/h3-11,13H,2,12,14-18H2,1H3,(H,26,27). The maximum absolute atomic E-state index is 12.1. The first kappa shape index (κ1) is 21.1. The van der Waals surface area contributed by atoms with Crippen molar-refractivity contribution in [3.05, 3.63) is 60.8 Å². The summed E-state index contributed by atoms with van der Waals surface area (Å²) in [6, 6.07) is 18.4. The zero-order valence-electron chi connectivity index (χ0n) is 18.8. The Bertz CT molecular complexity index is 1260. The van der Waals surface area contributed by atoms with Crippen LogP contribution in [0, 0.1) is 0 Å². The molecule has 8 heteroatoms. The number of ether oxygens (including phenoxy) is 1. The number of rotatable bonds is 6. The van der Waals surface area contributed by atoms with Crippen LogP contribution in [0.2, 0.25) is 0 Å². The van der Waals surface area contributed by atoms with Crippen LogP contribution in [0.25, 0.3) is 21.9 Å². The molecule has 3 heterocycles. The largest absolute Gasteiger partial charge is 0.450 e. The van der Waals surface area contributed by atoms with Crippen molar-refractivity contribution >= 4 is 39.7 Å². The number of amides is 1. The third kappa shape index (κ3) is 4.41. The van der Waals surface area contributed by atoms with Gasteiger partial charge >= 0.3 is 6.09 Å². The van der Waals surface area contributed by atoms with E-state index in [1.165, 1.54) is 10.9 Å². The molecule has 0 unspecified atom stereocenters. The molecule has 170 valence electrons. The second kappa shape index (κ2) is 9.36. The Morgan fingerprint density at radius 2 is 1.70 bits per heavy atom. The van der Waals surface area contributed by atoms with Crippen molar-refractivity contribution in [2.45, 2.75) is 13.5 Å². The van der Waals surface area contributed by atoms with Gasteiger partial charge in [0.1, 0.15) is 0 Å². The van der Waals surface area contributed by atoms with E-state index < -0.39 is 0 Å². The summed E-state index contributed by atoms with van der Waals surface area (Å²) < 4.78 is 7.39. The van der Waals surface area contributed by atoms with Crippen molar-refractivity contribution < 1.29 is 9.53 Å². The van der Waals surface area contributed by atoms with E-state index in [0.29, 0.717) is 32.8 Å². The number of aromatic nitrogens is 3. The van der Waals surface area contributed by atoms with Crippen LogP contribution in [-0.4, -0.2) is 64.9 Å². The molecule has 5 rings (SSSR count). The summed E-state index contributed by atoms with van der Waals surface area (Å²) in [6.07, 6.45) is 1.87. The fourth-order valence-electron chi connectivity index (χ4n) is 4.28. The summed E-state index contributed by atoms with van der Waals surface area (Å²) in [5.41, 5.74) is 2.95. The summed E-state index contributed by atoms with van der Waals surface area (Å²) in [6.45, 7) is 6.32. The van der Waals surface area contributed by atoms with Gasteiger partial charge < -0.3 is 24.4 Å². The van der Waals surface area contributed by atoms with Crippen LogP contribution >= 0.6 is 0 Å². The molecule has 1 amide bonds. The van der Waals surface area contributed by atoms with Gasteiger partial charge in [-0.05, 0) is 36.6 Å². The Balaban J connectivity index is 1.34. The van der Waals surface area contributed by atoms with Crippen LogP contribution in [0.15, 0.2) is 60.8 Å². The van der Waals surface area contributed by atoms with Crippen LogP contribution in [-0.2, 0) is 11.3 Å². The monoisotopic (exact) mass is 444 g/mol. The van der Waals surface area contributed by atoms with Gasteiger partial charge in [0, 0.05) is 51.0 Å². The average molecular weight is 445 g/mol. The molecule has 0 bridgehead atoms. The van der Waals surface area contributed by atoms with Crippen molar-refractivity contribution in [1.82, 2.24) is 19.4 Å². The van der Waals surface area contributed by atoms with Crippen molar-refractivity contribution in [3.8, 4) is 0 Å². The normalized spacial score (nSPS) is 14.1. The van der Waals surface area contributed by atoms with E-state index >= 15 is 0 Å². The zero-order valence-corrected chi connectivity index (χ0v) is 18.8. The maximum atomic E-state index is 12.1. The third-order valence-corrected chi connectivity index (χ3v) is 5.98. The van der Waals surface area contributed by atoms with Crippen molar-refractivity contribution in [3.63, 3.8) is 0 Å². The summed E-state index contributed by atoms with van der Waals surface area (Å²) >= 11 is 0. The molecule has 2 aromatic carbocycles. The Labute approximate surface area is 192 Å². The van der Waals surface area contributed by atoms with E-state index in [4.69, 9.17) is 14.7 Å². The molecule has 33 heavy (non-hydrogen) atoms. The molecule has 0 atom stereocenters. The second-order valence-electron chi connectivity index (χ2n) is 8.05. The number of carbonyl (C=O) groups excluding carboxylic acids is 1. The predicted molar refractivity (Wildman–Crippen MR) is 131 cm³/mol. The minimum Gasteiger partial charge on any atom is -0.450 e. The number of carbonyl (C=O) groups is 1. The highest BCUT2D eigenvalue weighted by atomic mass is 16.6. The zero-order chi connectivity index (χ0) is 22.6. The van der Waals surface area contributed by atoms with Gasteiger partial charge in [0.15, 0.2) is 11.6 Å². The van der Waals surface area contributed by atoms with Crippen LogP contribution in [0.3, 0.4) is 0 Å². The second-order valence-corrected chi connectivity index (χ2v) is 8.05. The van der Waals surface area contributed by atoms with E-state index in [0.717, 1.165) is 35.8 Å². The van der Waals surface area contributed by atoms with E-state index in [-0.39, 0.29) is 6.09 Å². The minimum atomic E-state index is -0.251. The molecule has 1 aliphatic heterocycles. The molecule has 1 N–H and O–H groups in total. The number of benzene rings is 2. The topological polar surface area (TPSA) is 75.5 Å². The van der Waals surface area contributed by atoms with E-state index in [1.807, 2.05) is 31.2 Å². The number of fused-ring (bicyclic) bond motifs is 2. The molecule has 0 radical (unpaired) electrons. The van der Waals surface area contributed by atoms with E-state index in [1.54, 1.807) is 4.90 Å². The van der Waals surface area contributed by atoms with Gasteiger partial charge in [-0.3, -0.25) is 0 Å². The predicted octanol–water partition coefficient (Wildman–Crippen LogP) is 3.98. The molecule has 1 fully saturated rings. The van der Waals surface area contributed by atoms with Crippen molar-refractivity contribution in [1.29, 1.82) is 0 Å². The summed E-state index contributed by atoms with van der Waals surface area (Å²) in [7, 11) is 0. The molecule has 2 aromatic heterocycles. The number of piperazine rings is 1. The van der Waals surface area contributed by atoms with Gasteiger partial charge in [-0.2, -0.15) is 0 Å². The summed E-state index contributed by atoms with van der Waals surface area (Å²) in [5, 5.41) is 4.76. The number of para-hydroxylation sites is 3. The average Bonchev–Trinajstić information content (AvgIpc) is 3.27. The number of anilines is 2. The Morgan fingerprint density at radius 3 is 2.48 bits per heavy atom. The fraction of sp³-hybridized carbons (Fsp3) is 0.320. The van der Waals surface area contributed by atoms with Crippen LogP contribution in [0.1, 0.15) is 6.92 Å². The Hall–Kier alpha value is -3.81. The number of hydrogen-bond donors (Lipinski definition) is 1. The molecule has 1 aliphatic rings. The van der Waals surface area contributed by atoms with Crippen molar-refractivity contribution in [2.75, 3.05) is 49.5 Å². The highest BCUT2D eigenvalue weighted by molar-refractivity contribution is 5.81. The molecular weight excluding hydrogens is 416 g/mol. The van der Waals surface area contributed by atoms with Crippen LogP contribution in [0.5, 0.6) is 0 Å². The smallest absolute Gasteiger partial charge is 0.409 e. The van der Waals surface area contributed by atoms with Gasteiger partial charge in [0.25, 0.3) is 0 Å². The van der Waals surface area contributed by atoms with E-state index in [9.17, 15) is 4.79 Å². The number of nitrogens with zero attached hydrogens (tertiary/aromatic N) is 5. The molecule has 0 saturated carbocycles. The summed E-state index contributed by atoms with van der Waals surface area (Å²) in [4.78, 5) is 25.8. The van der Waals surface area contributed by atoms with Gasteiger partial charge in [-0.1, -0.05) is 30.3 Å². The third-order valence-electron chi connectivity index (χ3n) is 5.98. The lowest BCUT2D eigenvalue weighted by molar-refractivity contribution is 0.105. The minimum absolute atomic E-state index is 0.251. The van der Waals surface area contributed by atoms with Crippen LogP contribution < -0.4 is 10.2 Å². The number of hydrogen-bond acceptors (Lipinski definition) is 6. The quantitative estimate of drug-likeness (QED) is 0.485. The Morgan fingerprint density at radius 1 is 0.970 bits per heavy atom. The lowest BCUT2D eigenvalue weighted by Crippen LogP contribution is -2.49. The molecule has 4 aromatic rings. The molecular formula is C25H28N6O2. The van der Waals surface area contributed by atoms with Crippen molar-refractivity contribution in [2.24, 2.45) is 0 Å². The first-order valence-electron chi connectivity index (χ1n) is 11.4. The lowest BCUT2D eigenvalue weighted by Gasteiger charge is -2.35. The van der Waals surface area contributed by atoms with Crippen LogP contribution in [0.4, 0.5) is 16.4 Å². The van der Waals surface area contributed by atoms with Gasteiger partial charge in [0.05, 0.1) is 17.6 Å². The SMILES string of the molecule is CCOC(=O)N1CCN(c2nc3ccccc3nc2NCCn2ccc3ccccc32)CC1. The Kier molecular flexibility index (Phi) is 5.97. The van der Waals surface area contributed by atoms with Gasteiger partial charge in [-0.15, -0.1) is 0 Å². The maximum Gasteiger partial charge on any atom is 0.409 e. The van der Waals surface area contributed by atoms with Gasteiger partial charge in [-0.25, -0.2) is 14.8 Å². The van der Waals surface area contributed by atoms with Gasteiger partial charge in [0.2, 0.25) is 0 Å². The first-order chi connectivity index (χ1) is 16.2. The molecule has 8 nitrogen and oxygen atoms in total. The highest BCUT2D eigenvalue weighted by Gasteiger charge is 2.25.